The number of likely N-dealkylation sites (tertiary alicyclic amines) is 3. The van der Waals surface area contributed by atoms with Gasteiger partial charge in [0.1, 0.15) is 5.69 Å². The normalized spacial score (nSPS) is 25.0. The Morgan fingerprint density at radius 2 is 1.77 bits per heavy atom. The lowest BCUT2D eigenvalue weighted by atomic mass is 9.60. The standard InChI is InChI=1S/C23H33N5O3/c1-5-26-14-11-23(20(26)30)16-28(21(31)25(3)4)15-22(23)9-12-27(13-10-22)19(29)18-8-6-7-17(2)24-18/h6-8H,5,9-16H2,1-4H3/t23-/m1/s1. The molecule has 0 aliphatic carbocycles. The van der Waals surface area contributed by atoms with Crippen molar-refractivity contribution >= 4 is 17.8 Å². The molecule has 3 saturated heterocycles. The summed E-state index contributed by atoms with van der Waals surface area (Å²) in [5.74, 6) is 0.129. The first-order chi connectivity index (χ1) is 14.7. The van der Waals surface area contributed by atoms with Gasteiger partial charge in [0.25, 0.3) is 5.91 Å². The fraction of sp³-hybridized carbons (Fsp3) is 0.652. The molecule has 0 saturated carbocycles. The molecule has 4 heterocycles. The number of carbonyl (C=O) groups excluding carboxylic acids is 3. The molecule has 3 fully saturated rings. The monoisotopic (exact) mass is 427 g/mol. The highest BCUT2D eigenvalue weighted by Crippen LogP contribution is 2.58. The van der Waals surface area contributed by atoms with E-state index in [0.29, 0.717) is 38.4 Å². The lowest BCUT2D eigenvalue weighted by Crippen LogP contribution is -2.53. The Hall–Kier alpha value is -2.64. The molecule has 3 aliphatic rings. The number of aryl methyl sites for hydroxylation is 1. The molecular weight excluding hydrogens is 394 g/mol. The summed E-state index contributed by atoms with van der Waals surface area (Å²) in [5.41, 5.74) is 0.473. The smallest absolute Gasteiger partial charge is 0.319 e. The summed E-state index contributed by atoms with van der Waals surface area (Å²) in [4.78, 5) is 51.0. The van der Waals surface area contributed by atoms with Gasteiger partial charge in [-0.15, -0.1) is 0 Å². The van der Waals surface area contributed by atoms with E-state index in [-0.39, 0.29) is 23.3 Å². The number of carbonyl (C=O) groups is 3. The maximum absolute atomic E-state index is 13.5. The van der Waals surface area contributed by atoms with E-state index in [1.165, 1.54) is 0 Å². The molecule has 0 radical (unpaired) electrons. The lowest BCUT2D eigenvalue weighted by Gasteiger charge is -2.46. The number of urea groups is 1. The molecule has 1 aromatic rings. The van der Waals surface area contributed by atoms with E-state index in [1.54, 1.807) is 25.1 Å². The van der Waals surface area contributed by atoms with Crippen LogP contribution in [-0.4, -0.2) is 95.8 Å². The van der Waals surface area contributed by atoms with Crippen LogP contribution in [0, 0.1) is 17.8 Å². The van der Waals surface area contributed by atoms with Crippen LogP contribution in [-0.2, 0) is 4.79 Å². The lowest BCUT2D eigenvalue weighted by molar-refractivity contribution is -0.141. The third-order valence-electron chi connectivity index (χ3n) is 7.62. The van der Waals surface area contributed by atoms with E-state index in [0.717, 1.165) is 31.5 Å². The molecule has 4 rings (SSSR count). The molecule has 1 atom stereocenters. The number of nitrogens with zero attached hydrogens (tertiary/aromatic N) is 5. The molecule has 31 heavy (non-hydrogen) atoms. The van der Waals surface area contributed by atoms with Gasteiger partial charge < -0.3 is 19.6 Å². The summed E-state index contributed by atoms with van der Waals surface area (Å²) >= 11 is 0. The van der Waals surface area contributed by atoms with E-state index in [4.69, 9.17) is 0 Å². The van der Waals surface area contributed by atoms with Crippen molar-refractivity contribution in [3.05, 3.63) is 29.6 Å². The summed E-state index contributed by atoms with van der Waals surface area (Å²) in [7, 11) is 3.51. The fourth-order valence-corrected chi connectivity index (χ4v) is 5.86. The van der Waals surface area contributed by atoms with E-state index in [1.807, 2.05) is 40.7 Å². The first kappa shape index (κ1) is 21.6. The van der Waals surface area contributed by atoms with Crippen LogP contribution in [0.15, 0.2) is 18.2 Å². The summed E-state index contributed by atoms with van der Waals surface area (Å²) in [6, 6.07) is 5.45. The number of amides is 4. The third kappa shape index (κ3) is 3.36. The maximum atomic E-state index is 13.5. The van der Waals surface area contributed by atoms with E-state index in [2.05, 4.69) is 4.98 Å². The first-order valence-electron chi connectivity index (χ1n) is 11.2. The van der Waals surface area contributed by atoms with Gasteiger partial charge in [-0.2, -0.15) is 0 Å². The van der Waals surface area contributed by atoms with Crippen LogP contribution in [0.4, 0.5) is 4.79 Å². The summed E-state index contributed by atoms with van der Waals surface area (Å²) in [6.45, 7) is 7.56. The van der Waals surface area contributed by atoms with E-state index in [9.17, 15) is 14.4 Å². The molecule has 168 valence electrons. The van der Waals surface area contributed by atoms with Crippen LogP contribution in [0.5, 0.6) is 0 Å². The third-order valence-corrected chi connectivity index (χ3v) is 7.62. The highest BCUT2D eigenvalue weighted by molar-refractivity contribution is 5.92. The summed E-state index contributed by atoms with van der Waals surface area (Å²) < 4.78 is 0. The minimum atomic E-state index is -0.536. The Morgan fingerprint density at radius 1 is 1.06 bits per heavy atom. The number of pyridine rings is 1. The SMILES string of the molecule is CCN1CC[C@@]2(CN(C(=O)N(C)C)CC23CCN(C(=O)c2cccc(C)n2)CC3)C1=O. The second-order valence-corrected chi connectivity index (χ2v) is 9.49. The van der Waals surface area contributed by atoms with Gasteiger partial charge in [0.05, 0.1) is 5.41 Å². The molecule has 1 aromatic heterocycles. The number of rotatable bonds is 2. The van der Waals surface area contributed by atoms with Gasteiger partial charge in [-0.3, -0.25) is 9.59 Å². The number of fused-ring (bicyclic) bond motifs is 1. The van der Waals surface area contributed by atoms with Crippen molar-refractivity contribution in [1.29, 1.82) is 0 Å². The number of piperidine rings is 1. The number of hydrogen-bond acceptors (Lipinski definition) is 4. The Kier molecular flexibility index (Phi) is 5.43. The number of hydrogen-bond donors (Lipinski definition) is 0. The highest BCUT2D eigenvalue weighted by Gasteiger charge is 2.66. The molecule has 3 aliphatic heterocycles. The van der Waals surface area contributed by atoms with Gasteiger partial charge >= 0.3 is 6.03 Å². The molecule has 0 unspecified atom stereocenters. The van der Waals surface area contributed by atoms with Crippen LogP contribution < -0.4 is 0 Å². The minimum absolute atomic E-state index is 0.0403. The van der Waals surface area contributed by atoms with Crippen LogP contribution in [0.1, 0.15) is 42.4 Å². The Morgan fingerprint density at radius 3 is 2.35 bits per heavy atom. The van der Waals surface area contributed by atoms with Crippen LogP contribution in [0.25, 0.3) is 0 Å². The molecule has 0 bridgehead atoms. The summed E-state index contributed by atoms with van der Waals surface area (Å²) in [6.07, 6.45) is 2.24. The van der Waals surface area contributed by atoms with Crippen LogP contribution >= 0.6 is 0 Å². The van der Waals surface area contributed by atoms with Crippen molar-refractivity contribution in [2.45, 2.75) is 33.1 Å². The largest absolute Gasteiger partial charge is 0.342 e. The molecule has 8 nitrogen and oxygen atoms in total. The molecule has 8 heteroatoms. The Balaban J connectivity index is 1.58. The van der Waals surface area contributed by atoms with Crippen molar-refractivity contribution < 1.29 is 14.4 Å². The van der Waals surface area contributed by atoms with Gasteiger partial charge in [0.15, 0.2) is 0 Å². The highest BCUT2D eigenvalue weighted by atomic mass is 16.2. The van der Waals surface area contributed by atoms with Gasteiger partial charge in [-0.05, 0) is 45.2 Å². The molecule has 0 aromatic carbocycles. The van der Waals surface area contributed by atoms with Gasteiger partial charge in [-0.25, -0.2) is 9.78 Å². The fourth-order valence-electron chi connectivity index (χ4n) is 5.86. The van der Waals surface area contributed by atoms with E-state index < -0.39 is 5.41 Å². The van der Waals surface area contributed by atoms with E-state index >= 15 is 0 Å². The van der Waals surface area contributed by atoms with Gasteiger partial charge in [0, 0.05) is 64.5 Å². The van der Waals surface area contributed by atoms with Gasteiger partial charge in [-0.1, -0.05) is 6.07 Å². The van der Waals surface area contributed by atoms with Crippen molar-refractivity contribution in [3.8, 4) is 0 Å². The quantitative estimate of drug-likeness (QED) is 0.722. The predicted molar refractivity (Wildman–Crippen MR) is 117 cm³/mol. The van der Waals surface area contributed by atoms with Crippen LogP contribution in [0.3, 0.4) is 0 Å². The second-order valence-electron chi connectivity index (χ2n) is 9.49. The Bertz CT molecular complexity index is 893. The average molecular weight is 428 g/mol. The molecule has 2 spiro atoms. The maximum Gasteiger partial charge on any atom is 0.319 e. The predicted octanol–water partition coefficient (Wildman–Crippen LogP) is 1.85. The van der Waals surface area contributed by atoms with Crippen molar-refractivity contribution in [3.63, 3.8) is 0 Å². The van der Waals surface area contributed by atoms with Crippen molar-refractivity contribution in [2.24, 2.45) is 10.8 Å². The second kappa shape index (κ2) is 7.80. The van der Waals surface area contributed by atoms with Crippen molar-refractivity contribution in [1.82, 2.24) is 24.6 Å². The topological polar surface area (TPSA) is 77.1 Å². The van der Waals surface area contributed by atoms with Crippen LogP contribution in [0.2, 0.25) is 0 Å². The summed E-state index contributed by atoms with van der Waals surface area (Å²) in [5, 5.41) is 0. The zero-order chi connectivity index (χ0) is 22.4. The zero-order valence-corrected chi connectivity index (χ0v) is 19.1. The minimum Gasteiger partial charge on any atom is -0.342 e. The molecule has 0 N–H and O–H groups in total. The molecule has 4 amide bonds. The van der Waals surface area contributed by atoms with Crippen molar-refractivity contribution in [2.75, 3.05) is 53.4 Å². The average Bonchev–Trinajstić information content (AvgIpc) is 3.25. The Labute approximate surface area is 184 Å². The zero-order valence-electron chi connectivity index (χ0n) is 19.1. The number of aromatic nitrogens is 1. The molecular formula is C23H33N5O3. The first-order valence-corrected chi connectivity index (χ1v) is 11.2. The van der Waals surface area contributed by atoms with Gasteiger partial charge in [0.2, 0.25) is 5.91 Å².